The third kappa shape index (κ3) is 1.76. The number of nitrogen functional groups attached to an aromatic ring is 1. The smallest absolute Gasteiger partial charge is 0.230 e. The number of aromatic nitrogens is 2. The Balaban J connectivity index is 2.20. The van der Waals surface area contributed by atoms with Crippen LogP contribution in [0.4, 0.5) is 10.3 Å². The van der Waals surface area contributed by atoms with Gasteiger partial charge in [-0.25, -0.2) is 4.39 Å². The van der Waals surface area contributed by atoms with Gasteiger partial charge in [0.25, 0.3) is 0 Å². The van der Waals surface area contributed by atoms with Crippen molar-refractivity contribution in [1.82, 2.24) is 10.1 Å². The van der Waals surface area contributed by atoms with E-state index in [2.05, 4.69) is 10.1 Å². The monoisotopic (exact) mass is 261 g/mol. The number of nitrogens with two attached hydrogens (primary N) is 1. The van der Waals surface area contributed by atoms with Gasteiger partial charge in [0.1, 0.15) is 11.5 Å². The van der Waals surface area contributed by atoms with Crippen LogP contribution in [0, 0.1) is 5.82 Å². The maximum absolute atomic E-state index is 13.3. The average molecular weight is 261 g/mol. The minimum atomic E-state index is -0.330. The molecule has 2 heterocycles. The summed E-state index contributed by atoms with van der Waals surface area (Å²) in [5, 5.41) is 3.91. The molecule has 0 spiro atoms. The van der Waals surface area contributed by atoms with Crippen LogP contribution in [0.15, 0.2) is 40.5 Å². The van der Waals surface area contributed by atoms with Crippen LogP contribution in [0.2, 0.25) is 0 Å². The molecule has 3 rings (SSSR count). The first-order valence-electron chi connectivity index (χ1n) is 5.15. The fourth-order valence-electron chi connectivity index (χ4n) is 1.73. The van der Waals surface area contributed by atoms with Crippen LogP contribution in [0.25, 0.3) is 21.7 Å². The number of hydrogen-bond donors (Lipinski definition) is 1. The number of nitrogens with zero attached hydrogens (tertiary/aromatic N) is 2. The fraction of sp³-hybridized carbons (Fsp3) is 0. The maximum atomic E-state index is 13.3. The van der Waals surface area contributed by atoms with Gasteiger partial charge < -0.3 is 10.3 Å². The van der Waals surface area contributed by atoms with Crippen LogP contribution in [0.5, 0.6) is 0 Å². The van der Waals surface area contributed by atoms with Gasteiger partial charge in [0.05, 0.1) is 16.0 Å². The molecular formula is C12H8FN3OS. The molecule has 0 aliphatic heterocycles. The first-order valence-corrected chi connectivity index (χ1v) is 6.03. The Kier molecular flexibility index (Phi) is 2.56. The molecule has 0 aliphatic rings. The van der Waals surface area contributed by atoms with Crippen molar-refractivity contribution in [2.24, 2.45) is 0 Å². The summed E-state index contributed by atoms with van der Waals surface area (Å²) in [6.45, 7) is 0. The molecule has 6 heteroatoms. The van der Waals surface area contributed by atoms with Gasteiger partial charge in [0, 0.05) is 6.20 Å². The number of halogens is 1. The zero-order valence-corrected chi connectivity index (χ0v) is 9.95. The summed E-state index contributed by atoms with van der Waals surface area (Å²) in [4.78, 5) is 4.81. The molecule has 18 heavy (non-hydrogen) atoms. The molecular weight excluding hydrogens is 253 g/mol. The zero-order chi connectivity index (χ0) is 12.5. The van der Waals surface area contributed by atoms with Crippen molar-refractivity contribution < 1.29 is 8.91 Å². The number of thiazole rings is 1. The molecule has 0 atom stereocenters. The van der Waals surface area contributed by atoms with Gasteiger partial charge in [-0.2, -0.15) is 0 Å². The molecule has 4 nitrogen and oxygen atoms in total. The Morgan fingerprint density at radius 3 is 2.94 bits per heavy atom. The molecule has 0 saturated carbocycles. The van der Waals surface area contributed by atoms with E-state index in [9.17, 15) is 4.39 Å². The largest absolute Gasteiger partial charge is 0.367 e. The molecule has 0 bridgehead atoms. The van der Waals surface area contributed by atoms with Crippen LogP contribution in [-0.2, 0) is 0 Å². The molecule has 2 N–H and O–H groups in total. The summed E-state index contributed by atoms with van der Waals surface area (Å²) < 4.78 is 18.3. The molecule has 1 aromatic carbocycles. The SMILES string of the molecule is Nc1onc(-c2cncs2)c1-c1cccc(F)c1. The van der Waals surface area contributed by atoms with Gasteiger partial charge >= 0.3 is 0 Å². The van der Waals surface area contributed by atoms with Crippen molar-refractivity contribution in [2.45, 2.75) is 0 Å². The summed E-state index contributed by atoms with van der Waals surface area (Å²) >= 11 is 1.42. The van der Waals surface area contributed by atoms with Gasteiger partial charge in [-0.1, -0.05) is 17.3 Å². The molecule has 2 aromatic heterocycles. The zero-order valence-electron chi connectivity index (χ0n) is 9.13. The van der Waals surface area contributed by atoms with Crippen LogP contribution < -0.4 is 5.73 Å². The van der Waals surface area contributed by atoms with Crippen molar-refractivity contribution >= 4 is 17.2 Å². The number of rotatable bonds is 2. The molecule has 90 valence electrons. The highest BCUT2D eigenvalue weighted by Gasteiger charge is 2.18. The van der Waals surface area contributed by atoms with E-state index in [0.717, 1.165) is 4.88 Å². The normalized spacial score (nSPS) is 10.7. The van der Waals surface area contributed by atoms with E-state index in [4.69, 9.17) is 10.3 Å². The highest BCUT2D eigenvalue weighted by molar-refractivity contribution is 7.13. The van der Waals surface area contributed by atoms with E-state index < -0.39 is 0 Å². The minimum Gasteiger partial charge on any atom is -0.367 e. The number of anilines is 1. The molecule has 0 aliphatic carbocycles. The van der Waals surface area contributed by atoms with Gasteiger partial charge in [-0.3, -0.25) is 4.98 Å². The highest BCUT2D eigenvalue weighted by atomic mass is 32.1. The highest BCUT2D eigenvalue weighted by Crippen LogP contribution is 2.37. The van der Waals surface area contributed by atoms with E-state index in [1.54, 1.807) is 23.8 Å². The van der Waals surface area contributed by atoms with Gasteiger partial charge in [-0.15, -0.1) is 11.3 Å². The Bertz CT molecular complexity index is 678. The quantitative estimate of drug-likeness (QED) is 0.769. The van der Waals surface area contributed by atoms with E-state index in [-0.39, 0.29) is 11.7 Å². The summed E-state index contributed by atoms with van der Waals surface area (Å²) in [5.41, 5.74) is 9.27. The lowest BCUT2D eigenvalue weighted by atomic mass is 10.1. The standard InChI is InChI=1S/C12H8FN3OS/c13-8-3-1-2-7(4-8)10-11(16-17-12(10)14)9-5-15-6-18-9/h1-6H,14H2. The van der Waals surface area contributed by atoms with Crippen molar-refractivity contribution in [1.29, 1.82) is 0 Å². The Labute approximate surface area is 106 Å². The van der Waals surface area contributed by atoms with Gasteiger partial charge in [0.2, 0.25) is 5.88 Å². The maximum Gasteiger partial charge on any atom is 0.230 e. The molecule has 0 amide bonds. The first-order chi connectivity index (χ1) is 8.75. The predicted molar refractivity (Wildman–Crippen MR) is 67.4 cm³/mol. The summed E-state index contributed by atoms with van der Waals surface area (Å²) in [6, 6.07) is 6.15. The van der Waals surface area contributed by atoms with Crippen molar-refractivity contribution in [3.05, 3.63) is 41.8 Å². The second-order valence-corrected chi connectivity index (χ2v) is 4.53. The fourth-order valence-corrected chi connectivity index (χ4v) is 2.33. The summed E-state index contributed by atoms with van der Waals surface area (Å²) in [6.07, 6.45) is 1.67. The topological polar surface area (TPSA) is 64.9 Å². The number of benzene rings is 1. The van der Waals surface area contributed by atoms with E-state index in [0.29, 0.717) is 16.8 Å². The summed E-state index contributed by atoms with van der Waals surface area (Å²) in [7, 11) is 0. The van der Waals surface area contributed by atoms with E-state index >= 15 is 0 Å². The third-order valence-corrected chi connectivity index (χ3v) is 3.28. The van der Waals surface area contributed by atoms with Crippen LogP contribution in [-0.4, -0.2) is 10.1 Å². The Morgan fingerprint density at radius 1 is 1.33 bits per heavy atom. The van der Waals surface area contributed by atoms with E-state index in [1.165, 1.54) is 23.5 Å². The third-order valence-electron chi connectivity index (χ3n) is 2.50. The Hall–Kier alpha value is -2.21. The molecule has 3 aromatic rings. The first kappa shape index (κ1) is 10.9. The average Bonchev–Trinajstić information content (AvgIpc) is 2.97. The van der Waals surface area contributed by atoms with Crippen molar-refractivity contribution in [3.63, 3.8) is 0 Å². The second kappa shape index (κ2) is 4.23. The predicted octanol–water partition coefficient (Wildman–Crippen LogP) is 3.19. The molecule has 0 unspecified atom stereocenters. The second-order valence-electron chi connectivity index (χ2n) is 3.65. The van der Waals surface area contributed by atoms with Gasteiger partial charge in [-0.05, 0) is 17.7 Å². The number of hydrogen-bond acceptors (Lipinski definition) is 5. The lowest BCUT2D eigenvalue weighted by molar-refractivity contribution is 0.439. The Morgan fingerprint density at radius 2 is 2.22 bits per heavy atom. The van der Waals surface area contributed by atoms with Crippen LogP contribution in [0.1, 0.15) is 0 Å². The lowest BCUT2D eigenvalue weighted by Crippen LogP contribution is -1.87. The molecule has 0 fully saturated rings. The molecule has 0 radical (unpaired) electrons. The van der Waals surface area contributed by atoms with Crippen molar-refractivity contribution in [2.75, 3.05) is 5.73 Å². The minimum absolute atomic E-state index is 0.170. The van der Waals surface area contributed by atoms with Crippen molar-refractivity contribution in [3.8, 4) is 21.7 Å². The van der Waals surface area contributed by atoms with E-state index in [1.807, 2.05) is 0 Å². The van der Waals surface area contributed by atoms with Crippen LogP contribution in [0.3, 0.4) is 0 Å². The summed E-state index contributed by atoms with van der Waals surface area (Å²) in [5.74, 6) is -0.160. The lowest BCUT2D eigenvalue weighted by Gasteiger charge is -2.00. The van der Waals surface area contributed by atoms with Gasteiger partial charge in [0.15, 0.2) is 0 Å². The molecule has 0 saturated heterocycles. The van der Waals surface area contributed by atoms with Crippen LogP contribution >= 0.6 is 11.3 Å².